The van der Waals surface area contributed by atoms with E-state index in [1.54, 1.807) is 51.2 Å². The predicted octanol–water partition coefficient (Wildman–Crippen LogP) is 4.91. The van der Waals surface area contributed by atoms with Gasteiger partial charge in [0, 0.05) is 25.8 Å². The first-order chi connectivity index (χ1) is 20.0. The Kier molecular flexibility index (Phi) is 9.87. The van der Waals surface area contributed by atoms with Crippen molar-refractivity contribution in [3.8, 4) is 0 Å². The molecule has 9 nitrogen and oxygen atoms in total. The number of aromatic nitrogens is 2. The number of alkyl carbamates (subject to hydrolysis) is 1. The minimum Gasteiger partial charge on any atom is -0.444 e. The van der Waals surface area contributed by atoms with Gasteiger partial charge in [-0.1, -0.05) is 18.2 Å². The van der Waals surface area contributed by atoms with Gasteiger partial charge in [0.25, 0.3) is 5.91 Å². The van der Waals surface area contributed by atoms with E-state index in [-0.39, 0.29) is 55.6 Å². The first kappa shape index (κ1) is 30.6. The molecular weight excluding hydrogens is 549 g/mol. The van der Waals surface area contributed by atoms with Gasteiger partial charge in [-0.25, -0.2) is 22.9 Å². The molecule has 0 spiro atoms. The van der Waals surface area contributed by atoms with Gasteiger partial charge in [0.1, 0.15) is 23.4 Å². The molecule has 1 atom stereocenters. The van der Waals surface area contributed by atoms with Crippen molar-refractivity contribution in [2.75, 3.05) is 29.9 Å². The molecular formula is C30H35F3N6O3. The van der Waals surface area contributed by atoms with Gasteiger partial charge in [-0.15, -0.1) is 0 Å². The fraction of sp³-hybridized carbons (Fsp3) is 0.400. The normalized spacial score (nSPS) is 14.9. The molecule has 224 valence electrons. The smallest absolute Gasteiger partial charge is 0.407 e. The number of hydrogen-bond acceptors (Lipinski definition) is 7. The summed E-state index contributed by atoms with van der Waals surface area (Å²) < 4.78 is 47.9. The average Bonchev–Trinajstić information content (AvgIpc) is 3.36. The van der Waals surface area contributed by atoms with Gasteiger partial charge in [-0.2, -0.15) is 0 Å². The van der Waals surface area contributed by atoms with E-state index in [1.165, 1.54) is 17.0 Å². The summed E-state index contributed by atoms with van der Waals surface area (Å²) in [5, 5.41) is 8.49. The zero-order valence-electron chi connectivity index (χ0n) is 23.8. The second-order valence-electron chi connectivity index (χ2n) is 11.0. The van der Waals surface area contributed by atoms with Gasteiger partial charge >= 0.3 is 6.09 Å². The molecule has 1 aliphatic rings. The van der Waals surface area contributed by atoms with E-state index < -0.39 is 29.6 Å². The highest BCUT2D eigenvalue weighted by atomic mass is 19.1. The van der Waals surface area contributed by atoms with Crippen LogP contribution in [-0.4, -0.2) is 53.4 Å². The van der Waals surface area contributed by atoms with Gasteiger partial charge < -0.3 is 25.6 Å². The quantitative estimate of drug-likeness (QED) is 0.311. The Balaban J connectivity index is 1.48. The summed E-state index contributed by atoms with van der Waals surface area (Å²) in [5.74, 6) is -1.61. The van der Waals surface area contributed by atoms with E-state index in [0.717, 1.165) is 11.6 Å². The summed E-state index contributed by atoms with van der Waals surface area (Å²) in [4.78, 5) is 35.6. The van der Waals surface area contributed by atoms with Crippen LogP contribution in [-0.2, 0) is 24.2 Å². The van der Waals surface area contributed by atoms with Crippen LogP contribution in [0.25, 0.3) is 0 Å². The van der Waals surface area contributed by atoms with Crippen molar-refractivity contribution in [1.29, 1.82) is 0 Å². The third-order valence-electron chi connectivity index (χ3n) is 6.45. The first-order valence-electron chi connectivity index (χ1n) is 13.7. The lowest BCUT2D eigenvalue weighted by Crippen LogP contribution is -2.33. The maximum atomic E-state index is 15.2. The van der Waals surface area contributed by atoms with E-state index in [0.29, 0.717) is 24.2 Å². The molecule has 0 radical (unpaired) electrons. The number of ether oxygens (including phenoxy) is 1. The molecule has 4 rings (SSSR count). The third-order valence-corrected chi connectivity index (χ3v) is 6.45. The van der Waals surface area contributed by atoms with Gasteiger partial charge in [0.05, 0.1) is 24.3 Å². The van der Waals surface area contributed by atoms with E-state index in [2.05, 4.69) is 25.9 Å². The number of hydrogen-bond donors (Lipinski definition) is 3. The molecule has 3 N–H and O–H groups in total. The minimum absolute atomic E-state index is 0.0132. The Morgan fingerprint density at radius 2 is 1.90 bits per heavy atom. The zero-order valence-corrected chi connectivity index (χ0v) is 23.8. The van der Waals surface area contributed by atoms with Crippen molar-refractivity contribution >= 4 is 23.6 Å². The maximum Gasteiger partial charge on any atom is 0.407 e. The number of carbonyl (C=O) groups is 2. The number of nitrogens with zero attached hydrogens (tertiary/aromatic N) is 3. The van der Waals surface area contributed by atoms with Crippen molar-refractivity contribution in [3.05, 3.63) is 82.7 Å². The number of rotatable bonds is 10. The summed E-state index contributed by atoms with van der Waals surface area (Å²) in [7, 11) is 0. The molecule has 1 saturated heterocycles. The molecule has 1 fully saturated rings. The van der Waals surface area contributed by atoms with Gasteiger partial charge in [-0.3, -0.25) is 9.78 Å². The number of carbonyl (C=O) groups excluding carboxylic acids is 2. The zero-order chi connectivity index (χ0) is 30.3. The Bertz CT molecular complexity index is 1420. The average molecular weight is 585 g/mol. The first-order valence-corrected chi connectivity index (χ1v) is 13.7. The van der Waals surface area contributed by atoms with Crippen LogP contribution in [0.4, 0.5) is 29.6 Å². The second-order valence-corrected chi connectivity index (χ2v) is 11.0. The number of nitrogens with one attached hydrogen (secondary N) is 3. The minimum atomic E-state index is -1.09. The van der Waals surface area contributed by atoms with Crippen LogP contribution in [0.3, 0.4) is 0 Å². The van der Waals surface area contributed by atoms with Gasteiger partial charge in [0.15, 0.2) is 11.6 Å². The molecule has 12 heteroatoms. The number of alkyl halides is 1. The lowest BCUT2D eigenvalue weighted by molar-refractivity contribution is 0.0522. The van der Waals surface area contributed by atoms with Crippen LogP contribution in [0.1, 0.15) is 54.4 Å². The van der Waals surface area contributed by atoms with Crippen LogP contribution in [0, 0.1) is 11.6 Å². The molecule has 2 aromatic heterocycles. The van der Waals surface area contributed by atoms with Crippen molar-refractivity contribution in [2.24, 2.45) is 0 Å². The standard InChI is InChI=1S/C30H35F3N6O3/c1-30(2,3)42-29(41)37-17-25-20(7-5-11-34-25)16-36-28(40)23-15-24(33)27(39-13-10-22(32)18-39)38-26(23)35-12-9-19-6-4-8-21(31)14-19/h4-8,11,14-15,22H,9-10,12-13,16-18H2,1-3H3,(H,35,38)(H,36,40)(H,37,41)/t22-/m1/s1. The predicted molar refractivity (Wildman–Crippen MR) is 153 cm³/mol. The van der Waals surface area contributed by atoms with Crippen molar-refractivity contribution < 1.29 is 27.5 Å². The molecule has 0 aliphatic carbocycles. The Morgan fingerprint density at radius 1 is 1.10 bits per heavy atom. The molecule has 1 aromatic carbocycles. The van der Waals surface area contributed by atoms with Crippen LogP contribution in [0.2, 0.25) is 0 Å². The summed E-state index contributed by atoms with van der Waals surface area (Å²) in [6.07, 6.45) is 0.568. The third kappa shape index (κ3) is 8.58. The lowest BCUT2D eigenvalue weighted by Gasteiger charge is -2.20. The lowest BCUT2D eigenvalue weighted by atomic mass is 10.1. The van der Waals surface area contributed by atoms with Crippen LogP contribution >= 0.6 is 0 Å². The highest BCUT2D eigenvalue weighted by Gasteiger charge is 2.27. The van der Waals surface area contributed by atoms with Gasteiger partial charge in [-0.05, 0) is 69.0 Å². The van der Waals surface area contributed by atoms with Crippen molar-refractivity contribution in [3.63, 3.8) is 0 Å². The SMILES string of the molecule is CC(C)(C)OC(=O)NCc1ncccc1CNC(=O)c1cc(F)c(N2CC[C@@H](F)C2)nc1NCCc1cccc(F)c1. The summed E-state index contributed by atoms with van der Waals surface area (Å²) >= 11 is 0. The van der Waals surface area contributed by atoms with E-state index >= 15 is 4.39 Å². The van der Waals surface area contributed by atoms with E-state index in [4.69, 9.17) is 4.74 Å². The Morgan fingerprint density at radius 3 is 2.62 bits per heavy atom. The Hall–Kier alpha value is -4.35. The van der Waals surface area contributed by atoms with Crippen LogP contribution in [0.15, 0.2) is 48.7 Å². The molecule has 1 aliphatic heterocycles. The summed E-state index contributed by atoms with van der Waals surface area (Å²) in [6, 6.07) is 10.7. The topological polar surface area (TPSA) is 108 Å². The second kappa shape index (κ2) is 13.5. The monoisotopic (exact) mass is 584 g/mol. The van der Waals surface area contributed by atoms with E-state index in [1.807, 2.05) is 0 Å². The highest BCUT2D eigenvalue weighted by Crippen LogP contribution is 2.27. The molecule has 42 heavy (non-hydrogen) atoms. The van der Waals surface area contributed by atoms with Crippen molar-refractivity contribution in [2.45, 2.75) is 58.5 Å². The largest absolute Gasteiger partial charge is 0.444 e. The van der Waals surface area contributed by atoms with Crippen molar-refractivity contribution in [1.82, 2.24) is 20.6 Å². The van der Waals surface area contributed by atoms with Gasteiger partial charge in [0.2, 0.25) is 0 Å². The number of halogens is 3. The fourth-order valence-electron chi connectivity index (χ4n) is 4.47. The molecule has 0 bridgehead atoms. The molecule has 3 aromatic rings. The summed E-state index contributed by atoms with van der Waals surface area (Å²) in [6.45, 7) is 5.99. The Labute approximate surface area is 242 Å². The molecule has 0 unspecified atom stereocenters. The van der Waals surface area contributed by atoms with Crippen LogP contribution in [0.5, 0.6) is 0 Å². The number of anilines is 2. The molecule has 3 heterocycles. The molecule has 0 saturated carbocycles. The maximum absolute atomic E-state index is 15.2. The fourth-order valence-corrected chi connectivity index (χ4v) is 4.47. The number of benzene rings is 1. The van der Waals surface area contributed by atoms with Crippen LogP contribution < -0.4 is 20.9 Å². The summed E-state index contributed by atoms with van der Waals surface area (Å²) in [5.41, 5.74) is 1.20. The van der Waals surface area contributed by atoms with E-state index in [9.17, 15) is 18.4 Å². The number of amides is 2. The number of pyridine rings is 2. The highest BCUT2D eigenvalue weighted by molar-refractivity contribution is 5.99. The molecule has 2 amide bonds.